The summed E-state index contributed by atoms with van der Waals surface area (Å²) in [6, 6.07) is 6.64. The number of likely N-dealkylation sites (tertiary alicyclic amines) is 1. The van der Waals surface area contributed by atoms with Crippen LogP contribution in [0.25, 0.3) is 0 Å². The highest BCUT2D eigenvalue weighted by Gasteiger charge is 2.33. The Bertz CT molecular complexity index is 813. The van der Waals surface area contributed by atoms with Gasteiger partial charge in [0.25, 0.3) is 5.91 Å². The monoisotopic (exact) mass is 438 g/mol. The number of thioether (sulfide) groups is 1. The minimum Gasteiger partial charge on any atom is -0.360 e. The van der Waals surface area contributed by atoms with E-state index in [1.165, 1.54) is 28.0 Å². The maximum Gasteiger partial charge on any atom is 0.260 e. The van der Waals surface area contributed by atoms with Gasteiger partial charge in [-0.2, -0.15) is 0 Å². The lowest BCUT2D eigenvalue weighted by atomic mass is 10.2. The molecule has 1 aromatic heterocycles. The highest BCUT2D eigenvalue weighted by atomic mass is 35.5. The molecule has 1 aromatic carbocycles. The summed E-state index contributed by atoms with van der Waals surface area (Å²) in [4.78, 5) is 27.3. The first-order valence-corrected chi connectivity index (χ1v) is 11.5. The van der Waals surface area contributed by atoms with E-state index in [0.29, 0.717) is 17.1 Å². The molecule has 1 unspecified atom stereocenters. The van der Waals surface area contributed by atoms with Crippen LogP contribution in [0.3, 0.4) is 0 Å². The SMILES string of the molecule is CCCCNc1nnc(SC2CCCCN(C(=O)c3ccc(Cl)cc3)C2=O)s1. The highest BCUT2D eigenvalue weighted by Crippen LogP contribution is 2.33. The molecule has 0 spiro atoms. The number of halogens is 1. The summed E-state index contributed by atoms with van der Waals surface area (Å²) in [5, 5.41) is 12.6. The molecule has 2 heterocycles. The van der Waals surface area contributed by atoms with Crippen molar-refractivity contribution in [1.82, 2.24) is 15.1 Å². The second-order valence-corrected chi connectivity index (χ2v) is 9.42. The summed E-state index contributed by atoms with van der Waals surface area (Å²) in [6.45, 7) is 3.44. The average molecular weight is 439 g/mol. The van der Waals surface area contributed by atoms with Crippen molar-refractivity contribution in [3.63, 3.8) is 0 Å². The standard InChI is InChI=1S/C19H23ClN4O2S2/c1-2-3-11-21-18-22-23-19(28-18)27-15-6-4-5-12-24(17(15)26)16(25)13-7-9-14(20)10-8-13/h7-10,15H,2-6,11-12H2,1H3,(H,21,22). The minimum atomic E-state index is -0.324. The Balaban J connectivity index is 1.67. The van der Waals surface area contributed by atoms with Gasteiger partial charge >= 0.3 is 0 Å². The second kappa shape index (κ2) is 10.2. The molecule has 0 radical (unpaired) electrons. The van der Waals surface area contributed by atoms with E-state index in [2.05, 4.69) is 22.4 Å². The Hall–Kier alpha value is -1.64. The van der Waals surface area contributed by atoms with Crippen molar-refractivity contribution in [2.24, 2.45) is 0 Å². The van der Waals surface area contributed by atoms with Gasteiger partial charge in [0.05, 0.1) is 5.25 Å². The van der Waals surface area contributed by atoms with E-state index in [1.807, 2.05) is 0 Å². The molecule has 1 atom stereocenters. The molecule has 1 saturated heterocycles. The van der Waals surface area contributed by atoms with Gasteiger partial charge in [0, 0.05) is 23.7 Å². The number of anilines is 1. The molecule has 1 fully saturated rings. The van der Waals surface area contributed by atoms with Gasteiger partial charge in [-0.3, -0.25) is 14.5 Å². The number of nitrogens with zero attached hydrogens (tertiary/aromatic N) is 3. The number of benzene rings is 1. The van der Waals surface area contributed by atoms with Crippen LogP contribution in [-0.2, 0) is 4.79 Å². The Morgan fingerprint density at radius 1 is 1.32 bits per heavy atom. The largest absolute Gasteiger partial charge is 0.360 e. The number of carbonyl (C=O) groups excluding carboxylic acids is 2. The first-order chi connectivity index (χ1) is 13.6. The number of unbranched alkanes of at least 4 members (excludes halogenated alkanes) is 1. The van der Waals surface area contributed by atoms with Gasteiger partial charge in [0.2, 0.25) is 11.0 Å². The molecule has 28 heavy (non-hydrogen) atoms. The first kappa shape index (κ1) is 21.1. The lowest BCUT2D eigenvalue weighted by Gasteiger charge is -2.22. The van der Waals surface area contributed by atoms with Crippen molar-refractivity contribution in [2.45, 2.75) is 48.6 Å². The van der Waals surface area contributed by atoms with Gasteiger partial charge in [-0.25, -0.2) is 0 Å². The number of hydrogen-bond donors (Lipinski definition) is 1. The average Bonchev–Trinajstić information content (AvgIpc) is 3.06. The van der Waals surface area contributed by atoms with Crippen molar-refractivity contribution >= 4 is 51.6 Å². The van der Waals surface area contributed by atoms with E-state index in [9.17, 15) is 9.59 Å². The Kier molecular flexibility index (Phi) is 7.70. The highest BCUT2D eigenvalue weighted by molar-refractivity contribution is 8.02. The number of rotatable bonds is 7. The van der Waals surface area contributed by atoms with Crippen LogP contribution >= 0.6 is 34.7 Å². The van der Waals surface area contributed by atoms with Gasteiger partial charge in [0.1, 0.15) is 0 Å². The molecule has 9 heteroatoms. The molecule has 0 saturated carbocycles. The maximum atomic E-state index is 13.0. The lowest BCUT2D eigenvalue weighted by Crippen LogP contribution is -2.41. The molecule has 1 aliphatic rings. The van der Waals surface area contributed by atoms with Gasteiger partial charge in [-0.1, -0.05) is 54.5 Å². The fourth-order valence-corrected chi connectivity index (χ4v) is 5.14. The van der Waals surface area contributed by atoms with Gasteiger partial charge in [-0.15, -0.1) is 10.2 Å². The quantitative estimate of drug-likeness (QED) is 0.498. The number of imide groups is 1. The van der Waals surface area contributed by atoms with Crippen LogP contribution < -0.4 is 5.32 Å². The molecule has 0 bridgehead atoms. The molecule has 1 N–H and O–H groups in total. The van der Waals surface area contributed by atoms with Crippen molar-refractivity contribution < 1.29 is 9.59 Å². The fourth-order valence-electron chi connectivity index (χ4n) is 2.89. The number of hydrogen-bond acceptors (Lipinski definition) is 7. The minimum absolute atomic E-state index is 0.154. The van der Waals surface area contributed by atoms with Crippen LogP contribution in [0.1, 0.15) is 49.4 Å². The molecular formula is C19H23ClN4O2S2. The molecule has 0 aliphatic carbocycles. The van der Waals surface area contributed by atoms with Crippen molar-refractivity contribution in [3.8, 4) is 0 Å². The maximum absolute atomic E-state index is 13.0. The van der Waals surface area contributed by atoms with E-state index in [0.717, 1.165) is 48.1 Å². The number of aromatic nitrogens is 2. The molecule has 2 aromatic rings. The smallest absolute Gasteiger partial charge is 0.260 e. The zero-order valence-electron chi connectivity index (χ0n) is 15.7. The Morgan fingerprint density at radius 2 is 2.11 bits per heavy atom. The molecule has 6 nitrogen and oxygen atoms in total. The van der Waals surface area contributed by atoms with E-state index in [4.69, 9.17) is 11.6 Å². The summed E-state index contributed by atoms with van der Waals surface area (Å²) in [5.74, 6) is -0.425. The van der Waals surface area contributed by atoms with Crippen LogP contribution in [0.15, 0.2) is 28.6 Å². The summed E-state index contributed by atoms with van der Waals surface area (Å²) in [7, 11) is 0. The predicted octanol–water partition coefficient (Wildman–Crippen LogP) is 4.72. The van der Waals surface area contributed by atoms with E-state index >= 15 is 0 Å². The molecule has 2 amide bonds. The number of amides is 2. The van der Waals surface area contributed by atoms with Crippen LogP contribution in [0.4, 0.5) is 5.13 Å². The van der Waals surface area contributed by atoms with Gasteiger partial charge in [0.15, 0.2) is 4.34 Å². The Morgan fingerprint density at radius 3 is 2.86 bits per heavy atom. The van der Waals surface area contributed by atoms with E-state index in [1.54, 1.807) is 24.3 Å². The van der Waals surface area contributed by atoms with Crippen LogP contribution in [0.5, 0.6) is 0 Å². The zero-order valence-corrected chi connectivity index (χ0v) is 18.1. The van der Waals surface area contributed by atoms with Crippen molar-refractivity contribution in [1.29, 1.82) is 0 Å². The molecule has 150 valence electrons. The molecule has 1 aliphatic heterocycles. The zero-order chi connectivity index (χ0) is 19.9. The van der Waals surface area contributed by atoms with E-state index < -0.39 is 0 Å². The lowest BCUT2D eigenvalue weighted by molar-refractivity contribution is -0.127. The van der Waals surface area contributed by atoms with Crippen LogP contribution in [-0.4, -0.2) is 45.3 Å². The van der Waals surface area contributed by atoms with Gasteiger partial charge in [-0.05, 0) is 43.5 Å². The number of nitrogens with one attached hydrogen (secondary N) is 1. The van der Waals surface area contributed by atoms with Crippen LogP contribution in [0.2, 0.25) is 5.02 Å². The summed E-state index contributed by atoms with van der Waals surface area (Å²) < 4.78 is 0.748. The number of carbonyl (C=O) groups is 2. The third-order valence-electron chi connectivity index (χ3n) is 4.43. The summed E-state index contributed by atoms with van der Waals surface area (Å²) in [6.07, 6.45) is 4.62. The predicted molar refractivity (Wildman–Crippen MR) is 114 cm³/mol. The van der Waals surface area contributed by atoms with Crippen molar-refractivity contribution in [3.05, 3.63) is 34.9 Å². The fraction of sp³-hybridized carbons (Fsp3) is 0.474. The molecular weight excluding hydrogens is 416 g/mol. The third kappa shape index (κ3) is 5.46. The topological polar surface area (TPSA) is 75.2 Å². The van der Waals surface area contributed by atoms with Crippen molar-refractivity contribution in [2.75, 3.05) is 18.4 Å². The van der Waals surface area contributed by atoms with Gasteiger partial charge < -0.3 is 5.32 Å². The third-order valence-corrected chi connectivity index (χ3v) is 6.90. The first-order valence-electron chi connectivity index (χ1n) is 9.43. The van der Waals surface area contributed by atoms with Crippen LogP contribution in [0, 0.1) is 0 Å². The Labute approximate surface area is 178 Å². The molecule has 3 rings (SSSR count). The van der Waals surface area contributed by atoms with E-state index in [-0.39, 0.29) is 17.1 Å². The normalized spacial score (nSPS) is 17.4. The summed E-state index contributed by atoms with van der Waals surface area (Å²) >= 11 is 8.76. The summed E-state index contributed by atoms with van der Waals surface area (Å²) in [5.41, 5.74) is 0.474. The second-order valence-electron chi connectivity index (χ2n) is 6.56.